The number of carbonyl (C=O) groups excluding carboxylic acids is 3. The Hall–Kier alpha value is -2.48. The fraction of sp³-hybridized carbons (Fsp3) is 0.368. The largest absolute Gasteiger partial charge is 0.357 e. The van der Waals surface area contributed by atoms with Crippen molar-refractivity contribution >= 4 is 44.6 Å². The zero-order valence-electron chi connectivity index (χ0n) is 15.2. The molecular weight excluding hydrogens is 412 g/mol. The Labute approximate surface area is 165 Å². The summed E-state index contributed by atoms with van der Waals surface area (Å²) in [4.78, 5) is 43.1. The Morgan fingerprint density at radius 2 is 2.07 bits per heavy atom. The average molecular weight is 433 g/mol. The summed E-state index contributed by atoms with van der Waals surface area (Å²) >= 11 is 3.41. The molecule has 1 unspecified atom stereocenters. The van der Waals surface area contributed by atoms with E-state index in [-0.39, 0.29) is 24.3 Å². The van der Waals surface area contributed by atoms with Gasteiger partial charge in [-0.25, -0.2) is 0 Å². The number of carbonyl (C=O) groups is 3. The zero-order chi connectivity index (χ0) is 19.6. The summed E-state index contributed by atoms with van der Waals surface area (Å²) < 4.78 is 0.879. The molecule has 1 aromatic heterocycles. The third kappa shape index (κ3) is 4.10. The maximum atomic E-state index is 12.7. The first-order valence-electron chi connectivity index (χ1n) is 8.77. The number of pyridine rings is 1. The van der Waals surface area contributed by atoms with Crippen molar-refractivity contribution in [3.05, 3.63) is 40.0 Å². The van der Waals surface area contributed by atoms with E-state index in [9.17, 15) is 14.4 Å². The standard InChI is InChI=1S/C19H21BrN4O3/c1-11-8-14(13-6-5-12(20)9-15(13)23-11)18(26)22-10-17(25)24-7-3-4-16(24)19(27)21-2/h5-6,8-9,16H,3-4,7,10H2,1-2H3,(H,21,27)(H,22,26). The van der Waals surface area contributed by atoms with Crippen molar-refractivity contribution in [3.8, 4) is 0 Å². The minimum absolute atomic E-state index is 0.147. The van der Waals surface area contributed by atoms with Gasteiger partial charge in [-0.05, 0) is 38.0 Å². The summed E-state index contributed by atoms with van der Waals surface area (Å²) in [5.41, 5.74) is 1.90. The molecule has 1 aromatic carbocycles. The summed E-state index contributed by atoms with van der Waals surface area (Å²) in [5.74, 6) is -0.766. The number of likely N-dealkylation sites (N-methyl/N-ethyl adjacent to an activating group) is 1. The van der Waals surface area contributed by atoms with E-state index in [0.717, 1.165) is 22.0 Å². The lowest BCUT2D eigenvalue weighted by atomic mass is 10.1. The van der Waals surface area contributed by atoms with Gasteiger partial charge >= 0.3 is 0 Å². The summed E-state index contributed by atoms with van der Waals surface area (Å²) in [5, 5.41) is 5.99. The van der Waals surface area contributed by atoms with E-state index in [0.29, 0.717) is 24.0 Å². The van der Waals surface area contributed by atoms with Crippen molar-refractivity contribution in [3.63, 3.8) is 0 Å². The molecule has 0 saturated carbocycles. The van der Waals surface area contributed by atoms with Crippen LogP contribution in [0.15, 0.2) is 28.7 Å². The Morgan fingerprint density at radius 1 is 1.30 bits per heavy atom. The van der Waals surface area contributed by atoms with Crippen LogP contribution in [-0.2, 0) is 9.59 Å². The number of hydrogen-bond donors (Lipinski definition) is 2. The fourth-order valence-electron chi connectivity index (χ4n) is 3.38. The number of nitrogens with zero attached hydrogens (tertiary/aromatic N) is 2. The normalized spacial score (nSPS) is 16.4. The van der Waals surface area contributed by atoms with Gasteiger partial charge in [0, 0.05) is 29.1 Å². The van der Waals surface area contributed by atoms with E-state index in [1.165, 1.54) is 4.90 Å². The SMILES string of the molecule is CNC(=O)C1CCCN1C(=O)CNC(=O)c1cc(C)nc2cc(Br)ccc12. The highest BCUT2D eigenvalue weighted by molar-refractivity contribution is 9.10. The Kier molecular flexibility index (Phi) is 5.74. The first-order chi connectivity index (χ1) is 12.9. The number of amides is 3. The van der Waals surface area contributed by atoms with Crippen LogP contribution < -0.4 is 10.6 Å². The van der Waals surface area contributed by atoms with E-state index < -0.39 is 6.04 Å². The van der Waals surface area contributed by atoms with Gasteiger partial charge in [0.15, 0.2) is 0 Å². The molecule has 0 bridgehead atoms. The molecule has 7 nitrogen and oxygen atoms in total. The first kappa shape index (κ1) is 19.3. The molecule has 2 aromatic rings. The van der Waals surface area contributed by atoms with Crippen molar-refractivity contribution in [1.29, 1.82) is 0 Å². The van der Waals surface area contributed by atoms with Crippen LogP contribution in [0.5, 0.6) is 0 Å². The number of aromatic nitrogens is 1. The highest BCUT2D eigenvalue weighted by Crippen LogP contribution is 2.22. The molecule has 0 spiro atoms. The van der Waals surface area contributed by atoms with E-state index >= 15 is 0 Å². The number of aryl methyl sites for hydroxylation is 1. The van der Waals surface area contributed by atoms with Gasteiger partial charge in [-0.1, -0.05) is 22.0 Å². The van der Waals surface area contributed by atoms with Crippen LogP contribution in [0.3, 0.4) is 0 Å². The number of fused-ring (bicyclic) bond motifs is 1. The van der Waals surface area contributed by atoms with Crippen LogP contribution in [0.2, 0.25) is 0 Å². The molecule has 0 radical (unpaired) electrons. The Balaban J connectivity index is 1.74. The molecule has 3 amide bonds. The van der Waals surface area contributed by atoms with Crippen LogP contribution in [-0.4, -0.2) is 53.8 Å². The van der Waals surface area contributed by atoms with Crippen molar-refractivity contribution in [2.45, 2.75) is 25.8 Å². The van der Waals surface area contributed by atoms with E-state index in [1.54, 1.807) is 13.1 Å². The van der Waals surface area contributed by atoms with Gasteiger partial charge in [0.05, 0.1) is 17.6 Å². The zero-order valence-corrected chi connectivity index (χ0v) is 16.8. The van der Waals surface area contributed by atoms with Gasteiger partial charge in [-0.2, -0.15) is 0 Å². The van der Waals surface area contributed by atoms with E-state index in [1.807, 2.05) is 25.1 Å². The lowest BCUT2D eigenvalue weighted by Gasteiger charge is -2.23. The minimum Gasteiger partial charge on any atom is -0.357 e. The monoisotopic (exact) mass is 432 g/mol. The number of rotatable bonds is 4. The van der Waals surface area contributed by atoms with Crippen LogP contribution in [0, 0.1) is 6.92 Å². The van der Waals surface area contributed by atoms with Gasteiger partial charge in [0.25, 0.3) is 5.91 Å². The van der Waals surface area contributed by atoms with Crippen LogP contribution in [0.25, 0.3) is 10.9 Å². The van der Waals surface area contributed by atoms with Crippen molar-refractivity contribution in [1.82, 2.24) is 20.5 Å². The fourth-order valence-corrected chi connectivity index (χ4v) is 3.73. The molecule has 1 saturated heterocycles. The predicted molar refractivity (Wildman–Crippen MR) is 105 cm³/mol. The quantitative estimate of drug-likeness (QED) is 0.769. The average Bonchev–Trinajstić information content (AvgIpc) is 3.14. The minimum atomic E-state index is -0.458. The van der Waals surface area contributed by atoms with E-state index in [2.05, 4.69) is 31.5 Å². The van der Waals surface area contributed by atoms with Gasteiger partial charge in [-0.15, -0.1) is 0 Å². The summed E-state index contributed by atoms with van der Waals surface area (Å²) in [6.45, 7) is 2.20. The van der Waals surface area contributed by atoms with Crippen molar-refractivity contribution < 1.29 is 14.4 Å². The molecule has 142 valence electrons. The Bertz CT molecular complexity index is 910. The number of benzene rings is 1. The molecule has 1 aliphatic heterocycles. The van der Waals surface area contributed by atoms with Crippen LogP contribution in [0.4, 0.5) is 0 Å². The van der Waals surface area contributed by atoms with Crippen molar-refractivity contribution in [2.24, 2.45) is 0 Å². The molecule has 1 fully saturated rings. The number of hydrogen-bond acceptors (Lipinski definition) is 4. The molecular formula is C19H21BrN4O3. The van der Waals surface area contributed by atoms with E-state index in [4.69, 9.17) is 0 Å². The molecule has 3 rings (SSSR count). The second-order valence-electron chi connectivity index (χ2n) is 6.51. The second-order valence-corrected chi connectivity index (χ2v) is 7.43. The van der Waals surface area contributed by atoms with Gasteiger partial charge in [0.1, 0.15) is 6.04 Å². The molecule has 8 heteroatoms. The number of likely N-dealkylation sites (tertiary alicyclic amines) is 1. The van der Waals surface area contributed by atoms with Crippen LogP contribution in [0.1, 0.15) is 28.9 Å². The van der Waals surface area contributed by atoms with Crippen molar-refractivity contribution in [2.75, 3.05) is 20.1 Å². The topological polar surface area (TPSA) is 91.4 Å². The Morgan fingerprint density at radius 3 is 2.81 bits per heavy atom. The second kappa shape index (κ2) is 8.04. The highest BCUT2D eigenvalue weighted by atomic mass is 79.9. The molecule has 2 N–H and O–H groups in total. The summed E-state index contributed by atoms with van der Waals surface area (Å²) in [6, 6.07) is 6.77. The third-order valence-corrected chi connectivity index (χ3v) is 5.16. The third-order valence-electron chi connectivity index (χ3n) is 4.67. The smallest absolute Gasteiger partial charge is 0.252 e. The predicted octanol–water partition coefficient (Wildman–Crippen LogP) is 1.77. The maximum absolute atomic E-state index is 12.7. The van der Waals surface area contributed by atoms with Gasteiger partial charge in [-0.3, -0.25) is 19.4 Å². The lowest BCUT2D eigenvalue weighted by molar-refractivity contribution is -0.137. The van der Waals surface area contributed by atoms with Gasteiger partial charge < -0.3 is 15.5 Å². The number of nitrogens with one attached hydrogen (secondary N) is 2. The number of halogens is 1. The van der Waals surface area contributed by atoms with Crippen LogP contribution >= 0.6 is 15.9 Å². The first-order valence-corrected chi connectivity index (χ1v) is 9.56. The molecule has 27 heavy (non-hydrogen) atoms. The molecule has 1 aliphatic rings. The lowest BCUT2D eigenvalue weighted by Crippen LogP contribution is -2.48. The summed E-state index contributed by atoms with van der Waals surface area (Å²) in [7, 11) is 1.56. The molecule has 0 aliphatic carbocycles. The highest BCUT2D eigenvalue weighted by Gasteiger charge is 2.33. The summed E-state index contributed by atoms with van der Waals surface area (Å²) in [6.07, 6.45) is 1.42. The molecule has 2 heterocycles. The maximum Gasteiger partial charge on any atom is 0.252 e. The molecule has 1 atom stereocenters. The van der Waals surface area contributed by atoms with Gasteiger partial charge in [0.2, 0.25) is 11.8 Å².